The molecule has 2 aromatic rings. The van der Waals surface area contributed by atoms with Crippen molar-refractivity contribution >= 4 is 5.91 Å². The third-order valence-corrected chi connectivity index (χ3v) is 4.15. The van der Waals surface area contributed by atoms with Crippen molar-refractivity contribution in [2.24, 2.45) is 0 Å². The number of likely N-dealkylation sites (N-methyl/N-ethyl adjacent to an activating group) is 1. The summed E-state index contributed by atoms with van der Waals surface area (Å²) in [5.74, 6) is 1.50. The Balaban J connectivity index is 2.14. The van der Waals surface area contributed by atoms with Gasteiger partial charge in [-0.3, -0.25) is 4.79 Å². The highest BCUT2D eigenvalue weighted by atomic mass is 16.5. The number of benzene rings is 1. The SMILES string of the molecule is CCN(C(=O)c1cnc(C)nc1C)[C@@H](C)Cc1ccc(OC)cc1. The van der Waals surface area contributed by atoms with Gasteiger partial charge in [-0.2, -0.15) is 0 Å². The number of hydrogen-bond acceptors (Lipinski definition) is 4. The average Bonchev–Trinajstić information content (AvgIpc) is 2.56. The first-order chi connectivity index (χ1) is 11.5. The van der Waals surface area contributed by atoms with Crippen LogP contribution in [0.4, 0.5) is 0 Å². The Hall–Kier alpha value is -2.43. The van der Waals surface area contributed by atoms with Crippen molar-refractivity contribution in [3.8, 4) is 5.75 Å². The van der Waals surface area contributed by atoms with E-state index in [2.05, 4.69) is 16.9 Å². The van der Waals surface area contributed by atoms with Crippen LogP contribution in [0.2, 0.25) is 0 Å². The number of carbonyl (C=O) groups excluding carboxylic acids is 1. The first kappa shape index (κ1) is 17.9. The second-order valence-corrected chi connectivity index (χ2v) is 5.91. The first-order valence-electron chi connectivity index (χ1n) is 8.20. The molecule has 1 aromatic carbocycles. The van der Waals surface area contributed by atoms with Crippen LogP contribution < -0.4 is 4.74 Å². The summed E-state index contributed by atoms with van der Waals surface area (Å²) in [5, 5.41) is 0. The Labute approximate surface area is 143 Å². The van der Waals surface area contributed by atoms with Gasteiger partial charge in [0, 0.05) is 18.8 Å². The van der Waals surface area contributed by atoms with Gasteiger partial charge < -0.3 is 9.64 Å². The molecule has 5 heteroatoms. The Morgan fingerprint density at radius 3 is 2.46 bits per heavy atom. The fourth-order valence-corrected chi connectivity index (χ4v) is 2.82. The molecule has 0 aliphatic rings. The maximum Gasteiger partial charge on any atom is 0.257 e. The number of hydrogen-bond donors (Lipinski definition) is 0. The number of amides is 1. The van der Waals surface area contributed by atoms with E-state index in [1.165, 1.54) is 5.56 Å². The van der Waals surface area contributed by atoms with Crippen LogP contribution in [0.3, 0.4) is 0 Å². The van der Waals surface area contributed by atoms with Crippen LogP contribution in [-0.4, -0.2) is 40.5 Å². The summed E-state index contributed by atoms with van der Waals surface area (Å²) in [6, 6.07) is 8.04. The summed E-state index contributed by atoms with van der Waals surface area (Å²) in [5.41, 5.74) is 2.47. The Bertz CT molecular complexity index is 698. The lowest BCUT2D eigenvalue weighted by Gasteiger charge is -2.28. The topological polar surface area (TPSA) is 55.3 Å². The molecular weight excluding hydrogens is 302 g/mol. The molecule has 0 N–H and O–H groups in total. The predicted octanol–water partition coefficient (Wildman–Crippen LogP) is 3.20. The van der Waals surface area contributed by atoms with Crippen molar-refractivity contribution in [2.75, 3.05) is 13.7 Å². The van der Waals surface area contributed by atoms with Gasteiger partial charge in [-0.15, -0.1) is 0 Å². The Kier molecular flexibility index (Phi) is 5.90. The lowest BCUT2D eigenvalue weighted by atomic mass is 10.0. The minimum absolute atomic E-state index is 0.0176. The lowest BCUT2D eigenvalue weighted by molar-refractivity contribution is 0.0701. The van der Waals surface area contributed by atoms with Crippen molar-refractivity contribution < 1.29 is 9.53 Å². The standard InChI is InChI=1S/C19H25N3O2/c1-6-22(19(23)18-12-20-15(4)21-14(18)3)13(2)11-16-7-9-17(24-5)10-8-16/h7-10,12-13H,6,11H2,1-5H3/t13-/m0/s1. The fraction of sp³-hybridized carbons (Fsp3) is 0.421. The molecule has 1 aromatic heterocycles. The van der Waals surface area contributed by atoms with Gasteiger partial charge in [-0.1, -0.05) is 12.1 Å². The van der Waals surface area contributed by atoms with Crippen LogP contribution in [-0.2, 0) is 6.42 Å². The minimum Gasteiger partial charge on any atom is -0.497 e. The van der Waals surface area contributed by atoms with Crippen LogP contribution in [0.1, 0.15) is 41.3 Å². The zero-order chi connectivity index (χ0) is 17.7. The second-order valence-electron chi connectivity index (χ2n) is 5.91. The van der Waals surface area contributed by atoms with Crippen molar-refractivity contribution in [1.82, 2.24) is 14.9 Å². The predicted molar refractivity (Wildman–Crippen MR) is 94.4 cm³/mol. The molecule has 0 spiro atoms. The van der Waals surface area contributed by atoms with E-state index < -0.39 is 0 Å². The van der Waals surface area contributed by atoms with E-state index >= 15 is 0 Å². The van der Waals surface area contributed by atoms with Gasteiger partial charge in [-0.05, 0) is 51.8 Å². The molecule has 1 amide bonds. The molecule has 0 saturated carbocycles. The van der Waals surface area contributed by atoms with Crippen LogP contribution in [0.25, 0.3) is 0 Å². The van der Waals surface area contributed by atoms with Gasteiger partial charge in [0.15, 0.2) is 0 Å². The van der Waals surface area contributed by atoms with Crippen molar-refractivity contribution in [3.05, 3.63) is 53.1 Å². The van der Waals surface area contributed by atoms with E-state index in [-0.39, 0.29) is 11.9 Å². The Morgan fingerprint density at radius 1 is 1.25 bits per heavy atom. The van der Waals surface area contributed by atoms with Gasteiger partial charge in [0.25, 0.3) is 5.91 Å². The largest absolute Gasteiger partial charge is 0.497 e. The van der Waals surface area contributed by atoms with E-state index in [1.54, 1.807) is 13.3 Å². The monoisotopic (exact) mass is 327 g/mol. The average molecular weight is 327 g/mol. The molecule has 0 aliphatic heterocycles. The van der Waals surface area contributed by atoms with E-state index in [0.29, 0.717) is 17.9 Å². The number of methoxy groups -OCH3 is 1. The normalized spacial score (nSPS) is 11.9. The zero-order valence-electron chi connectivity index (χ0n) is 15.0. The van der Waals surface area contributed by atoms with Crippen molar-refractivity contribution in [1.29, 1.82) is 0 Å². The van der Waals surface area contributed by atoms with Crippen molar-refractivity contribution in [3.63, 3.8) is 0 Å². The highest BCUT2D eigenvalue weighted by molar-refractivity contribution is 5.95. The molecule has 1 atom stereocenters. The zero-order valence-corrected chi connectivity index (χ0v) is 15.0. The molecule has 2 rings (SSSR count). The van der Waals surface area contributed by atoms with E-state index in [1.807, 2.05) is 49.9 Å². The third-order valence-electron chi connectivity index (χ3n) is 4.15. The smallest absolute Gasteiger partial charge is 0.257 e. The molecule has 0 fully saturated rings. The Morgan fingerprint density at radius 2 is 1.92 bits per heavy atom. The highest BCUT2D eigenvalue weighted by Gasteiger charge is 2.22. The summed E-state index contributed by atoms with van der Waals surface area (Å²) in [7, 11) is 1.65. The third kappa shape index (κ3) is 4.10. The van der Waals surface area contributed by atoms with Crippen molar-refractivity contribution in [2.45, 2.75) is 40.2 Å². The molecule has 5 nitrogen and oxygen atoms in total. The molecule has 0 unspecified atom stereocenters. The molecule has 0 bridgehead atoms. The quantitative estimate of drug-likeness (QED) is 0.817. The summed E-state index contributed by atoms with van der Waals surface area (Å²) in [6.45, 7) is 8.38. The van der Waals surface area contributed by atoms with Crippen LogP contribution in [0.15, 0.2) is 30.5 Å². The van der Waals surface area contributed by atoms with E-state index in [4.69, 9.17) is 4.74 Å². The molecule has 0 aliphatic carbocycles. The fourth-order valence-electron chi connectivity index (χ4n) is 2.82. The van der Waals surface area contributed by atoms with Crippen LogP contribution >= 0.6 is 0 Å². The summed E-state index contributed by atoms with van der Waals surface area (Å²) < 4.78 is 5.18. The van der Waals surface area contributed by atoms with Gasteiger partial charge >= 0.3 is 0 Å². The van der Waals surface area contributed by atoms with Crippen LogP contribution in [0.5, 0.6) is 5.75 Å². The molecule has 0 saturated heterocycles. The molecule has 128 valence electrons. The lowest BCUT2D eigenvalue weighted by Crippen LogP contribution is -2.40. The van der Waals surface area contributed by atoms with Gasteiger partial charge in [0.1, 0.15) is 11.6 Å². The van der Waals surface area contributed by atoms with Gasteiger partial charge in [0.2, 0.25) is 0 Å². The number of aryl methyl sites for hydroxylation is 2. The van der Waals surface area contributed by atoms with Crippen LogP contribution in [0, 0.1) is 13.8 Å². The number of aromatic nitrogens is 2. The molecule has 24 heavy (non-hydrogen) atoms. The summed E-state index contributed by atoms with van der Waals surface area (Å²) in [6.07, 6.45) is 2.41. The number of ether oxygens (including phenoxy) is 1. The maximum absolute atomic E-state index is 12.9. The molecule has 0 radical (unpaired) electrons. The highest BCUT2D eigenvalue weighted by Crippen LogP contribution is 2.17. The van der Waals surface area contributed by atoms with Gasteiger partial charge in [-0.25, -0.2) is 9.97 Å². The van der Waals surface area contributed by atoms with Gasteiger partial charge in [0.05, 0.1) is 18.4 Å². The summed E-state index contributed by atoms with van der Waals surface area (Å²) >= 11 is 0. The maximum atomic E-state index is 12.9. The first-order valence-corrected chi connectivity index (χ1v) is 8.20. The number of nitrogens with zero attached hydrogens (tertiary/aromatic N) is 3. The number of carbonyl (C=O) groups is 1. The second kappa shape index (κ2) is 7.90. The molecular formula is C19H25N3O2. The van der Waals surface area contributed by atoms with E-state index in [9.17, 15) is 4.79 Å². The minimum atomic E-state index is -0.0176. The molecule has 1 heterocycles. The summed E-state index contributed by atoms with van der Waals surface area (Å²) in [4.78, 5) is 23.2. The van der Waals surface area contributed by atoms with E-state index in [0.717, 1.165) is 17.9 Å². The number of rotatable bonds is 6.